The third kappa shape index (κ3) is 4.72. The first-order valence-electron chi connectivity index (χ1n) is 10.9. The third-order valence-electron chi connectivity index (χ3n) is 5.51. The first kappa shape index (κ1) is 22.5. The van der Waals surface area contributed by atoms with Crippen LogP contribution < -0.4 is 4.72 Å². The lowest BCUT2D eigenvalue weighted by Gasteiger charge is -2.29. The first-order valence-corrected chi connectivity index (χ1v) is 12.0. The largest absolute Gasteiger partial charge is 0.598 e. The van der Waals surface area contributed by atoms with Crippen LogP contribution >= 0.6 is 0 Å². The molecule has 0 aliphatic heterocycles. The summed E-state index contributed by atoms with van der Waals surface area (Å²) >= 11 is -1.24. The van der Waals surface area contributed by atoms with Gasteiger partial charge in [-0.25, -0.2) is 0 Å². The Balaban J connectivity index is 1.82. The Bertz CT molecular complexity index is 1230. The molecule has 1 N–H and O–H groups in total. The van der Waals surface area contributed by atoms with Crippen LogP contribution in [0.1, 0.15) is 43.8 Å². The summed E-state index contributed by atoms with van der Waals surface area (Å²) in [6.45, 7) is 7.94. The number of pyridine rings is 1. The lowest BCUT2D eigenvalue weighted by Crippen LogP contribution is -2.42. The van der Waals surface area contributed by atoms with Crippen molar-refractivity contribution in [3.05, 3.63) is 83.7 Å². The maximum atomic E-state index is 13.1. The van der Waals surface area contributed by atoms with Gasteiger partial charge in [0.25, 0.3) is 0 Å². The molecule has 0 amide bonds. The molecule has 0 radical (unpaired) electrons. The number of nitrogens with zero attached hydrogens (tertiary/aromatic N) is 3. The quantitative estimate of drug-likeness (QED) is 0.409. The van der Waals surface area contributed by atoms with E-state index in [4.69, 9.17) is 10.1 Å². The van der Waals surface area contributed by atoms with Crippen molar-refractivity contribution in [2.45, 2.75) is 44.9 Å². The van der Waals surface area contributed by atoms with Crippen molar-refractivity contribution in [1.82, 2.24) is 19.5 Å². The number of para-hydroxylation sites is 1. The Labute approximate surface area is 193 Å². The number of benzene rings is 2. The van der Waals surface area contributed by atoms with E-state index >= 15 is 0 Å². The maximum absolute atomic E-state index is 13.1. The Morgan fingerprint density at radius 2 is 1.72 bits per heavy atom. The molecule has 0 aliphatic rings. The van der Waals surface area contributed by atoms with E-state index in [-0.39, 0.29) is 10.8 Å². The third-order valence-corrected chi connectivity index (χ3v) is 7.12. The molecule has 32 heavy (non-hydrogen) atoms. The van der Waals surface area contributed by atoms with Crippen molar-refractivity contribution in [3.63, 3.8) is 0 Å². The standard InChI is InChI=1S/C26H30N4OS/c1-18-11-10-12-19(27-18)17-23(29-32(31)26(2,3)4)20-13-6-7-14-21(20)25-22-15-8-9-16-24(22)30(5)28-25/h6-16,23,29H,17H2,1-5H3/t23-,32-/m0/s1. The molecule has 166 valence electrons. The number of hydrogen-bond donors (Lipinski definition) is 1. The Kier molecular flexibility index (Phi) is 6.38. The minimum Gasteiger partial charge on any atom is -0.598 e. The van der Waals surface area contributed by atoms with Crippen LogP contribution in [0.5, 0.6) is 0 Å². The van der Waals surface area contributed by atoms with Gasteiger partial charge in [0, 0.05) is 47.2 Å². The van der Waals surface area contributed by atoms with Crippen molar-refractivity contribution < 1.29 is 4.55 Å². The fourth-order valence-corrected chi connectivity index (χ4v) is 4.69. The number of aryl methyl sites for hydroxylation is 2. The predicted octanol–water partition coefficient (Wildman–Crippen LogP) is 5.28. The molecule has 0 saturated heterocycles. The van der Waals surface area contributed by atoms with Gasteiger partial charge in [-0.2, -0.15) is 5.10 Å². The van der Waals surface area contributed by atoms with Crippen LogP contribution in [0.15, 0.2) is 66.7 Å². The second-order valence-electron chi connectivity index (χ2n) is 9.10. The summed E-state index contributed by atoms with van der Waals surface area (Å²) in [6.07, 6.45) is 0.630. The molecule has 2 aromatic heterocycles. The zero-order chi connectivity index (χ0) is 22.9. The van der Waals surface area contributed by atoms with Gasteiger partial charge in [-0.3, -0.25) is 9.67 Å². The molecular formula is C26H30N4OS. The summed E-state index contributed by atoms with van der Waals surface area (Å²) < 4.78 is 18.1. The van der Waals surface area contributed by atoms with Gasteiger partial charge in [0.15, 0.2) is 0 Å². The minimum absolute atomic E-state index is 0.179. The number of aromatic nitrogens is 3. The van der Waals surface area contributed by atoms with E-state index in [9.17, 15) is 4.55 Å². The zero-order valence-electron chi connectivity index (χ0n) is 19.3. The lowest BCUT2D eigenvalue weighted by molar-refractivity contribution is 0.521. The predicted molar refractivity (Wildman–Crippen MR) is 133 cm³/mol. The highest BCUT2D eigenvalue weighted by molar-refractivity contribution is 7.90. The number of hydrogen-bond acceptors (Lipinski definition) is 4. The van der Waals surface area contributed by atoms with Crippen LogP contribution in [0.25, 0.3) is 22.2 Å². The molecule has 4 aromatic rings. The van der Waals surface area contributed by atoms with Crippen LogP contribution in [0.4, 0.5) is 0 Å². The van der Waals surface area contributed by atoms with Crippen molar-refractivity contribution in [2.24, 2.45) is 7.05 Å². The van der Waals surface area contributed by atoms with Crippen molar-refractivity contribution >= 4 is 22.3 Å². The van der Waals surface area contributed by atoms with E-state index in [2.05, 4.69) is 29.0 Å². The molecule has 5 nitrogen and oxygen atoms in total. The molecule has 4 rings (SSSR count). The average molecular weight is 447 g/mol. The van der Waals surface area contributed by atoms with E-state index in [1.165, 1.54) is 0 Å². The van der Waals surface area contributed by atoms with E-state index < -0.39 is 11.4 Å². The summed E-state index contributed by atoms with van der Waals surface area (Å²) in [5.41, 5.74) is 6.07. The summed E-state index contributed by atoms with van der Waals surface area (Å²) in [5.74, 6) is 0. The zero-order valence-corrected chi connectivity index (χ0v) is 20.1. The Morgan fingerprint density at radius 3 is 2.47 bits per heavy atom. The van der Waals surface area contributed by atoms with Crippen LogP contribution in [0.2, 0.25) is 0 Å². The topological polar surface area (TPSA) is 65.8 Å². The normalized spacial score (nSPS) is 13.9. The van der Waals surface area contributed by atoms with E-state index in [1.54, 1.807) is 0 Å². The van der Waals surface area contributed by atoms with Gasteiger partial charge < -0.3 is 4.55 Å². The monoisotopic (exact) mass is 446 g/mol. The van der Waals surface area contributed by atoms with Gasteiger partial charge in [0.05, 0.1) is 11.6 Å². The minimum atomic E-state index is -1.24. The SMILES string of the molecule is Cc1cccc(C[C@H](N[S@@+]([O-])C(C)(C)C)c2ccccc2-c2nn(C)c3ccccc23)n1. The second kappa shape index (κ2) is 9.06. The van der Waals surface area contributed by atoms with Gasteiger partial charge >= 0.3 is 0 Å². The highest BCUT2D eigenvalue weighted by Crippen LogP contribution is 2.34. The molecule has 0 saturated carbocycles. The van der Waals surface area contributed by atoms with E-state index in [1.807, 2.05) is 81.9 Å². The van der Waals surface area contributed by atoms with E-state index in [0.717, 1.165) is 39.1 Å². The maximum Gasteiger partial charge on any atom is 0.136 e. The smallest absolute Gasteiger partial charge is 0.136 e. The summed E-state index contributed by atoms with van der Waals surface area (Å²) in [5, 5.41) is 5.95. The molecule has 2 aromatic carbocycles. The van der Waals surface area contributed by atoms with Gasteiger partial charge in [-0.1, -0.05) is 48.5 Å². The van der Waals surface area contributed by atoms with Gasteiger partial charge in [-0.15, -0.1) is 4.72 Å². The molecular weight excluding hydrogens is 416 g/mol. The Hall–Kier alpha value is -2.67. The lowest BCUT2D eigenvalue weighted by atomic mass is 9.94. The molecule has 0 fully saturated rings. The van der Waals surface area contributed by atoms with Crippen LogP contribution in [0.3, 0.4) is 0 Å². The highest BCUT2D eigenvalue weighted by Gasteiger charge is 2.31. The van der Waals surface area contributed by atoms with Gasteiger partial charge in [0.2, 0.25) is 0 Å². The fraction of sp³-hybridized carbons (Fsp3) is 0.308. The van der Waals surface area contributed by atoms with Crippen LogP contribution in [-0.2, 0) is 24.8 Å². The van der Waals surface area contributed by atoms with Crippen LogP contribution in [-0.4, -0.2) is 24.1 Å². The second-order valence-corrected chi connectivity index (χ2v) is 11.1. The first-order chi connectivity index (χ1) is 15.2. The summed E-state index contributed by atoms with van der Waals surface area (Å²) in [7, 11) is 1.97. The average Bonchev–Trinajstić information content (AvgIpc) is 3.09. The molecule has 2 heterocycles. The summed E-state index contributed by atoms with van der Waals surface area (Å²) in [4.78, 5) is 4.71. The molecule has 2 atom stereocenters. The molecule has 0 aliphatic carbocycles. The van der Waals surface area contributed by atoms with Crippen molar-refractivity contribution in [1.29, 1.82) is 0 Å². The van der Waals surface area contributed by atoms with Crippen molar-refractivity contribution in [3.8, 4) is 11.3 Å². The Morgan fingerprint density at radius 1 is 1.00 bits per heavy atom. The van der Waals surface area contributed by atoms with Gasteiger partial charge in [-0.05, 0) is 51.5 Å². The van der Waals surface area contributed by atoms with Crippen molar-refractivity contribution in [2.75, 3.05) is 0 Å². The summed E-state index contributed by atoms with van der Waals surface area (Å²) in [6, 6.07) is 22.4. The fourth-order valence-electron chi connectivity index (χ4n) is 3.87. The van der Waals surface area contributed by atoms with E-state index in [0.29, 0.717) is 6.42 Å². The molecule has 0 unspecified atom stereocenters. The highest BCUT2D eigenvalue weighted by atomic mass is 32.2. The number of nitrogens with one attached hydrogen (secondary N) is 1. The molecule has 0 spiro atoms. The molecule has 0 bridgehead atoms. The number of fused-ring (bicyclic) bond motifs is 1. The van der Waals surface area contributed by atoms with Crippen LogP contribution in [0, 0.1) is 6.92 Å². The van der Waals surface area contributed by atoms with Gasteiger partial charge in [0.1, 0.15) is 10.4 Å². The number of rotatable bonds is 6. The molecule has 6 heteroatoms.